The summed E-state index contributed by atoms with van der Waals surface area (Å²) in [6.45, 7) is 1.82. The van der Waals surface area contributed by atoms with Crippen LogP contribution in [0.25, 0.3) is 6.08 Å². The second-order valence-electron chi connectivity index (χ2n) is 5.58. The number of benzene rings is 1. The minimum Gasteiger partial charge on any atom is -0.463 e. The number of rotatable bonds is 4. The highest BCUT2D eigenvalue weighted by atomic mass is 16.5. The van der Waals surface area contributed by atoms with Crippen LogP contribution >= 0.6 is 0 Å². The van der Waals surface area contributed by atoms with Crippen molar-refractivity contribution in [1.82, 2.24) is 0 Å². The van der Waals surface area contributed by atoms with Crippen molar-refractivity contribution in [3.8, 4) is 12.1 Å². The molecule has 2 rings (SSSR count). The van der Waals surface area contributed by atoms with E-state index in [1.807, 2.05) is 80.6 Å². The lowest BCUT2D eigenvalue weighted by Gasteiger charge is -2.18. The Morgan fingerprint density at radius 1 is 1.09 bits per heavy atom. The summed E-state index contributed by atoms with van der Waals surface area (Å²) in [7, 11) is 4.00. The molecule has 1 aliphatic rings. The first kappa shape index (κ1) is 16.4. The molecule has 1 aliphatic heterocycles. The van der Waals surface area contributed by atoms with Gasteiger partial charge in [0.1, 0.15) is 11.7 Å². The van der Waals surface area contributed by atoms with E-state index in [4.69, 9.17) is 15.3 Å². The van der Waals surface area contributed by atoms with Crippen LogP contribution in [0.4, 0.5) is 5.69 Å². The molecule has 0 amide bonds. The van der Waals surface area contributed by atoms with Crippen LogP contribution in [0.2, 0.25) is 0 Å². The smallest absolute Gasteiger partial charge is 0.143 e. The molecular formula is C19H19N3O. The van der Waals surface area contributed by atoms with Gasteiger partial charge in [-0.25, -0.2) is 0 Å². The van der Waals surface area contributed by atoms with Crippen molar-refractivity contribution in [3.05, 3.63) is 59.6 Å². The zero-order valence-electron chi connectivity index (χ0n) is 13.5. The quantitative estimate of drug-likeness (QED) is 0.847. The lowest BCUT2D eigenvalue weighted by molar-refractivity contribution is 0.302. The molecule has 0 spiro atoms. The van der Waals surface area contributed by atoms with E-state index >= 15 is 0 Å². The molecule has 1 atom stereocenters. The Kier molecular flexibility index (Phi) is 5.23. The third-order valence-electron chi connectivity index (χ3n) is 3.58. The van der Waals surface area contributed by atoms with Crippen LogP contribution in [0.15, 0.2) is 54.0 Å². The Morgan fingerprint density at radius 2 is 1.74 bits per heavy atom. The first-order valence-corrected chi connectivity index (χ1v) is 7.36. The van der Waals surface area contributed by atoms with Gasteiger partial charge in [0.2, 0.25) is 0 Å². The maximum absolute atomic E-state index is 9.04. The Balaban J connectivity index is 2.15. The molecular weight excluding hydrogens is 286 g/mol. The molecule has 0 bridgehead atoms. The van der Waals surface area contributed by atoms with Crippen molar-refractivity contribution in [2.45, 2.75) is 6.92 Å². The minimum absolute atomic E-state index is 0.241. The highest BCUT2D eigenvalue weighted by molar-refractivity contribution is 5.57. The van der Waals surface area contributed by atoms with E-state index in [1.54, 1.807) is 6.08 Å². The molecule has 1 aromatic carbocycles. The van der Waals surface area contributed by atoms with Crippen LogP contribution in [0, 0.1) is 34.5 Å². The third kappa shape index (κ3) is 4.25. The van der Waals surface area contributed by atoms with Gasteiger partial charge >= 0.3 is 0 Å². The fourth-order valence-electron chi connectivity index (χ4n) is 2.31. The normalized spacial score (nSPS) is 17.0. The van der Waals surface area contributed by atoms with Crippen LogP contribution in [0.5, 0.6) is 0 Å². The van der Waals surface area contributed by atoms with E-state index in [0.29, 0.717) is 11.5 Å². The average molecular weight is 305 g/mol. The number of allylic oxidation sites excluding steroid dienone is 4. The summed E-state index contributed by atoms with van der Waals surface area (Å²) < 4.78 is 5.65. The number of nitrogens with zero attached hydrogens (tertiary/aromatic N) is 3. The maximum Gasteiger partial charge on any atom is 0.143 e. The van der Waals surface area contributed by atoms with E-state index in [-0.39, 0.29) is 5.92 Å². The van der Waals surface area contributed by atoms with Gasteiger partial charge in [0, 0.05) is 25.7 Å². The summed E-state index contributed by atoms with van der Waals surface area (Å²) in [5, 5.41) is 18.1. The van der Waals surface area contributed by atoms with E-state index in [0.717, 1.165) is 11.3 Å². The monoisotopic (exact) mass is 305 g/mol. The molecule has 0 aliphatic carbocycles. The number of ether oxygens (including phenoxy) is 1. The van der Waals surface area contributed by atoms with E-state index < -0.39 is 5.92 Å². The van der Waals surface area contributed by atoms with E-state index in [9.17, 15) is 0 Å². The van der Waals surface area contributed by atoms with Gasteiger partial charge in [-0.3, -0.25) is 0 Å². The number of nitriles is 2. The fraction of sp³-hybridized carbons (Fsp3) is 0.263. The van der Waals surface area contributed by atoms with Crippen molar-refractivity contribution in [3.63, 3.8) is 0 Å². The minimum atomic E-state index is -0.698. The van der Waals surface area contributed by atoms with Crippen LogP contribution in [0.3, 0.4) is 0 Å². The highest BCUT2D eigenvalue weighted by Crippen LogP contribution is 2.26. The molecule has 0 aromatic heterocycles. The second kappa shape index (κ2) is 7.33. The molecule has 116 valence electrons. The fourth-order valence-corrected chi connectivity index (χ4v) is 2.31. The van der Waals surface area contributed by atoms with Gasteiger partial charge < -0.3 is 9.64 Å². The molecule has 1 heterocycles. The molecule has 0 saturated carbocycles. The van der Waals surface area contributed by atoms with Crippen molar-refractivity contribution in [2.75, 3.05) is 19.0 Å². The average Bonchev–Trinajstić information content (AvgIpc) is 2.54. The SMILES string of the molecule is CC1=CC(C(C#N)C#N)C=C(C=Cc2ccc(N(C)C)cc2)O1. The third-order valence-corrected chi connectivity index (χ3v) is 3.58. The second-order valence-corrected chi connectivity index (χ2v) is 5.58. The predicted octanol–water partition coefficient (Wildman–Crippen LogP) is 3.86. The van der Waals surface area contributed by atoms with Crippen LogP contribution in [-0.4, -0.2) is 14.1 Å². The standard InChI is InChI=1S/C19H19N3O/c1-14-10-16(17(12-20)13-21)11-19(23-14)9-6-15-4-7-18(8-5-15)22(2)3/h4-11,16-17H,1-3H3. The van der Waals surface area contributed by atoms with Crippen molar-refractivity contribution < 1.29 is 4.74 Å². The summed E-state index contributed by atoms with van der Waals surface area (Å²) in [5.41, 5.74) is 2.20. The van der Waals surface area contributed by atoms with Gasteiger partial charge in [-0.2, -0.15) is 10.5 Å². The highest BCUT2D eigenvalue weighted by Gasteiger charge is 2.21. The molecule has 1 unspecified atom stereocenters. The van der Waals surface area contributed by atoms with Crippen molar-refractivity contribution >= 4 is 11.8 Å². The Hall–Kier alpha value is -2.98. The molecule has 0 saturated heterocycles. The van der Waals surface area contributed by atoms with Gasteiger partial charge in [-0.1, -0.05) is 18.2 Å². The Morgan fingerprint density at radius 3 is 2.30 bits per heavy atom. The molecule has 4 nitrogen and oxygen atoms in total. The summed E-state index contributed by atoms with van der Waals surface area (Å²) in [4.78, 5) is 2.04. The number of hydrogen-bond donors (Lipinski definition) is 0. The maximum atomic E-state index is 9.04. The summed E-state index contributed by atoms with van der Waals surface area (Å²) in [5.74, 6) is 0.420. The van der Waals surface area contributed by atoms with E-state index in [2.05, 4.69) is 0 Å². The first-order chi connectivity index (χ1) is 11.0. The summed E-state index contributed by atoms with van der Waals surface area (Å²) in [6.07, 6.45) is 7.43. The largest absolute Gasteiger partial charge is 0.463 e. The Labute approximate surface area is 137 Å². The first-order valence-electron chi connectivity index (χ1n) is 7.36. The van der Waals surface area contributed by atoms with Gasteiger partial charge in [-0.05, 0) is 42.8 Å². The predicted molar refractivity (Wildman–Crippen MR) is 90.9 cm³/mol. The van der Waals surface area contributed by atoms with E-state index in [1.165, 1.54) is 0 Å². The van der Waals surface area contributed by atoms with Crippen LogP contribution < -0.4 is 4.90 Å². The van der Waals surface area contributed by atoms with Crippen molar-refractivity contribution in [1.29, 1.82) is 10.5 Å². The zero-order chi connectivity index (χ0) is 16.8. The van der Waals surface area contributed by atoms with Crippen molar-refractivity contribution in [2.24, 2.45) is 11.8 Å². The molecule has 0 N–H and O–H groups in total. The Bertz CT molecular complexity index is 713. The number of hydrogen-bond acceptors (Lipinski definition) is 4. The lowest BCUT2D eigenvalue weighted by Crippen LogP contribution is -2.11. The van der Waals surface area contributed by atoms with Crippen LogP contribution in [-0.2, 0) is 4.74 Å². The number of anilines is 1. The molecule has 4 heteroatoms. The topological polar surface area (TPSA) is 60.0 Å². The summed E-state index contributed by atoms with van der Waals surface area (Å²) in [6, 6.07) is 12.2. The lowest BCUT2D eigenvalue weighted by atomic mass is 9.92. The van der Waals surface area contributed by atoms with Gasteiger partial charge in [0.15, 0.2) is 0 Å². The van der Waals surface area contributed by atoms with Gasteiger partial charge in [0.05, 0.1) is 17.9 Å². The molecule has 23 heavy (non-hydrogen) atoms. The van der Waals surface area contributed by atoms with Gasteiger partial charge in [0.25, 0.3) is 0 Å². The summed E-state index contributed by atoms with van der Waals surface area (Å²) >= 11 is 0. The molecule has 0 fully saturated rings. The molecule has 1 aromatic rings. The molecule has 0 radical (unpaired) electrons. The van der Waals surface area contributed by atoms with Gasteiger partial charge in [-0.15, -0.1) is 0 Å². The van der Waals surface area contributed by atoms with Crippen LogP contribution in [0.1, 0.15) is 12.5 Å². The zero-order valence-corrected chi connectivity index (χ0v) is 13.5.